The highest BCUT2D eigenvalue weighted by molar-refractivity contribution is 4.93. The molecule has 1 N–H and O–H groups in total. The van der Waals surface area contributed by atoms with Crippen molar-refractivity contribution in [2.24, 2.45) is 17.3 Å². The molecule has 0 aromatic rings. The minimum Gasteiger partial charge on any atom is -0.319 e. The summed E-state index contributed by atoms with van der Waals surface area (Å²) in [5.74, 6) is 1.91. The van der Waals surface area contributed by atoms with Gasteiger partial charge in [-0.25, -0.2) is 0 Å². The van der Waals surface area contributed by atoms with E-state index in [0.717, 1.165) is 11.8 Å². The van der Waals surface area contributed by atoms with E-state index in [1.54, 1.807) is 0 Å². The largest absolute Gasteiger partial charge is 0.319 e. The van der Waals surface area contributed by atoms with Crippen LogP contribution in [0.2, 0.25) is 0 Å². The molecule has 1 fully saturated rings. The van der Waals surface area contributed by atoms with Crippen LogP contribution in [0, 0.1) is 17.3 Å². The first-order valence-electron chi connectivity index (χ1n) is 6.27. The number of hydrogen-bond donors (Lipinski definition) is 1. The summed E-state index contributed by atoms with van der Waals surface area (Å²) in [6.45, 7) is 8.39. The lowest BCUT2D eigenvalue weighted by molar-refractivity contribution is 0.199. The SMILES string of the molecule is CCCC(C)CC(C)(CNC)C1CC1. The number of rotatable bonds is 7. The molecule has 0 aromatic heterocycles. The van der Waals surface area contributed by atoms with E-state index in [1.807, 2.05) is 0 Å². The Morgan fingerprint density at radius 3 is 2.50 bits per heavy atom. The van der Waals surface area contributed by atoms with Gasteiger partial charge < -0.3 is 5.32 Å². The summed E-state index contributed by atoms with van der Waals surface area (Å²) in [5, 5.41) is 3.38. The molecular formula is C13H27N. The van der Waals surface area contributed by atoms with E-state index in [0.29, 0.717) is 5.41 Å². The lowest BCUT2D eigenvalue weighted by atomic mass is 9.76. The van der Waals surface area contributed by atoms with Crippen LogP contribution in [-0.2, 0) is 0 Å². The first kappa shape index (κ1) is 12.0. The van der Waals surface area contributed by atoms with Gasteiger partial charge in [-0.15, -0.1) is 0 Å². The fourth-order valence-electron chi connectivity index (χ4n) is 2.96. The Kier molecular flexibility index (Phi) is 4.43. The molecule has 0 aromatic carbocycles. The van der Waals surface area contributed by atoms with Crippen LogP contribution in [0.5, 0.6) is 0 Å². The van der Waals surface area contributed by atoms with Gasteiger partial charge in [-0.1, -0.05) is 33.6 Å². The quantitative estimate of drug-likeness (QED) is 0.659. The van der Waals surface area contributed by atoms with Gasteiger partial charge in [-0.05, 0) is 43.6 Å². The predicted molar refractivity (Wildman–Crippen MR) is 63.4 cm³/mol. The Balaban J connectivity index is 2.41. The maximum atomic E-state index is 3.38. The first-order chi connectivity index (χ1) is 6.62. The van der Waals surface area contributed by atoms with Gasteiger partial charge in [-0.3, -0.25) is 0 Å². The summed E-state index contributed by atoms with van der Waals surface area (Å²) in [6.07, 6.45) is 7.08. The maximum Gasteiger partial charge on any atom is 0.000491 e. The molecule has 1 rings (SSSR count). The second-order valence-electron chi connectivity index (χ2n) is 5.56. The van der Waals surface area contributed by atoms with Gasteiger partial charge in [-0.2, -0.15) is 0 Å². The molecule has 0 bridgehead atoms. The third kappa shape index (κ3) is 3.27. The maximum absolute atomic E-state index is 3.38. The summed E-state index contributed by atoms with van der Waals surface area (Å²) in [5.41, 5.74) is 0.573. The summed E-state index contributed by atoms with van der Waals surface area (Å²) in [4.78, 5) is 0. The van der Waals surface area contributed by atoms with Crippen LogP contribution >= 0.6 is 0 Å². The van der Waals surface area contributed by atoms with Gasteiger partial charge in [0.1, 0.15) is 0 Å². The van der Waals surface area contributed by atoms with Gasteiger partial charge in [0, 0.05) is 6.54 Å². The highest BCUT2D eigenvalue weighted by Crippen LogP contribution is 2.48. The first-order valence-corrected chi connectivity index (χ1v) is 6.27. The van der Waals surface area contributed by atoms with Crippen LogP contribution < -0.4 is 5.32 Å². The third-order valence-electron chi connectivity index (χ3n) is 3.74. The van der Waals surface area contributed by atoms with Crippen molar-refractivity contribution in [1.29, 1.82) is 0 Å². The topological polar surface area (TPSA) is 12.0 Å². The molecule has 14 heavy (non-hydrogen) atoms. The molecule has 0 saturated heterocycles. The minimum absolute atomic E-state index is 0.573. The van der Waals surface area contributed by atoms with E-state index >= 15 is 0 Å². The highest BCUT2D eigenvalue weighted by atomic mass is 14.8. The molecule has 0 aliphatic heterocycles. The van der Waals surface area contributed by atoms with Crippen molar-refractivity contribution >= 4 is 0 Å². The third-order valence-corrected chi connectivity index (χ3v) is 3.74. The van der Waals surface area contributed by atoms with E-state index < -0.39 is 0 Å². The Hall–Kier alpha value is -0.0400. The van der Waals surface area contributed by atoms with Crippen LogP contribution in [0.1, 0.15) is 52.9 Å². The summed E-state index contributed by atoms with van der Waals surface area (Å²) in [7, 11) is 2.09. The molecule has 1 heteroatoms. The van der Waals surface area contributed by atoms with Crippen molar-refractivity contribution in [3.63, 3.8) is 0 Å². The standard InChI is InChI=1S/C13H27N/c1-5-6-11(2)9-13(3,10-14-4)12-7-8-12/h11-12,14H,5-10H2,1-4H3. The molecule has 84 valence electrons. The second kappa shape index (κ2) is 5.16. The fourth-order valence-corrected chi connectivity index (χ4v) is 2.96. The van der Waals surface area contributed by atoms with Gasteiger partial charge in [0.2, 0.25) is 0 Å². The zero-order chi connectivity index (χ0) is 10.6. The van der Waals surface area contributed by atoms with Crippen molar-refractivity contribution in [1.82, 2.24) is 5.32 Å². The van der Waals surface area contributed by atoms with Crippen LogP contribution in [0.25, 0.3) is 0 Å². The van der Waals surface area contributed by atoms with Crippen LogP contribution in [0.15, 0.2) is 0 Å². The Morgan fingerprint density at radius 2 is 2.07 bits per heavy atom. The Labute approximate surface area is 89.7 Å². The normalized spacial score (nSPS) is 23.1. The van der Waals surface area contributed by atoms with E-state index in [-0.39, 0.29) is 0 Å². The lowest BCUT2D eigenvalue weighted by Gasteiger charge is -2.32. The molecule has 0 amide bonds. The van der Waals surface area contributed by atoms with Crippen LogP contribution in [0.3, 0.4) is 0 Å². The Morgan fingerprint density at radius 1 is 1.43 bits per heavy atom. The van der Waals surface area contributed by atoms with E-state index in [2.05, 4.69) is 33.1 Å². The van der Waals surface area contributed by atoms with Crippen molar-refractivity contribution in [3.8, 4) is 0 Å². The van der Waals surface area contributed by atoms with Crippen molar-refractivity contribution < 1.29 is 0 Å². The molecule has 2 unspecified atom stereocenters. The van der Waals surface area contributed by atoms with E-state index in [4.69, 9.17) is 0 Å². The Bertz CT molecular complexity index is 163. The van der Waals surface area contributed by atoms with Crippen molar-refractivity contribution in [2.75, 3.05) is 13.6 Å². The molecule has 1 aliphatic rings. The molecule has 1 aliphatic carbocycles. The monoisotopic (exact) mass is 197 g/mol. The summed E-state index contributed by atoms with van der Waals surface area (Å²) in [6, 6.07) is 0. The summed E-state index contributed by atoms with van der Waals surface area (Å²) < 4.78 is 0. The predicted octanol–water partition coefficient (Wildman–Crippen LogP) is 3.45. The van der Waals surface area contributed by atoms with Crippen molar-refractivity contribution in [3.05, 3.63) is 0 Å². The van der Waals surface area contributed by atoms with Gasteiger partial charge in [0.15, 0.2) is 0 Å². The van der Waals surface area contributed by atoms with Crippen LogP contribution in [0.4, 0.5) is 0 Å². The van der Waals surface area contributed by atoms with Gasteiger partial charge in [0.25, 0.3) is 0 Å². The average Bonchev–Trinajstić information content (AvgIpc) is 2.86. The zero-order valence-electron chi connectivity index (χ0n) is 10.4. The second-order valence-corrected chi connectivity index (χ2v) is 5.56. The molecule has 0 radical (unpaired) electrons. The fraction of sp³-hybridized carbons (Fsp3) is 1.00. The molecule has 0 heterocycles. The van der Waals surface area contributed by atoms with E-state index in [1.165, 1.54) is 38.6 Å². The van der Waals surface area contributed by atoms with Crippen molar-refractivity contribution in [2.45, 2.75) is 52.9 Å². The molecule has 2 atom stereocenters. The lowest BCUT2D eigenvalue weighted by Crippen LogP contribution is -2.33. The van der Waals surface area contributed by atoms with Gasteiger partial charge >= 0.3 is 0 Å². The number of nitrogens with one attached hydrogen (secondary N) is 1. The van der Waals surface area contributed by atoms with Crippen LogP contribution in [-0.4, -0.2) is 13.6 Å². The molecule has 1 nitrogen and oxygen atoms in total. The van der Waals surface area contributed by atoms with Gasteiger partial charge in [0.05, 0.1) is 0 Å². The molecular weight excluding hydrogens is 170 g/mol. The average molecular weight is 197 g/mol. The summed E-state index contributed by atoms with van der Waals surface area (Å²) >= 11 is 0. The van der Waals surface area contributed by atoms with E-state index in [9.17, 15) is 0 Å². The molecule has 1 saturated carbocycles. The zero-order valence-corrected chi connectivity index (χ0v) is 10.4. The highest BCUT2D eigenvalue weighted by Gasteiger charge is 2.41. The number of hydrogen-bond acceptors (Lipinski definition) is 1. The smallest absolute Gasteiger partial charge is 0.000491 e. The molecule has 0 spiro atoms. The minimum atomic E-state index is 0.573.